The first kappa shape index (κ1) is 14.2. The second kappa shape index (κ2) is 5.81. The van der Waals surface area contributed by atoms with Gasteiger partial charge in [-0.2, -0.15) is 0 Å². The van der Waals surface area contributed by atoms with E-state index >= 15 is 0 Å². The molecule has 1 heterocycles. The zero-order valence-corrected chi connectivity index (χ0v) is 10.4. The Bertz CT molecular complexity index is 445. The van der Waals surface area contributed by atoms with Crippen LogP contribution in [0.3, 0.4) is 0 Å². The van der Waals surface area contributed by atoms with Crippen LogP contribution in [0.15, 0.2) is 30.8 Å². The Labute approximate surface area is 111 Å². The normalized spacial score (nSPS) is 35.1. The molecule has 5 nitrogen and oxygen atoms in total. The maximum absolute atomic E-state index is 10.00. The molecule has 0 spiro atoms. The van der Waals surface area contributed by atoms with Crippen LogP contribution in [0.25, 0.3) is 6.08 Å². The molecule has 1 saturated heterocycles. The predicted octanol–water partition coefficient (Wildman–Crippen LogP) is -0.156. The molecule has 1 aliphatic heterocycles. The van der Waals surface area contributed by atoms with Crippen molar-refractivity contribution in [2.75, 3.05) is 6.61 Å². The summed E-state index contributed by atoms with van der Waals surface area (Å²) in [5.41, 5.74) is 1.52. The minimum Gasteiger partial charge on any atom is -0.394 e. The van der Waals surface area contributed by atoms with Crippen molar-refractivity contribution in [3.05, 3.63) is 42.0 Å². The molecule has 1 unspecified atom stereocenters. The molecule has 0 saturated carbocycles. The molecule has 5 heteroatoms. The van der Waals surface area contributed by atoms with Crippen LogP contribution in [0.5, 0.6) is 0 Å². The first-order valence-corrected chi connectivity index (χ1v) is 6.11. The van der Waals surface area contributed by atoms with Crippen molar-refractivity contribution in [2.45, 2.75) is 30.5 Å². The Morgan fingerprint density at radius 2 is 1.89 bits per heavy atom. The van der Waals surface area contributed by atoms with Crippen LogP contribution in [-0.4, -0.2) is 51.4 Å². The quantitative estimate of drug-likeness (QED) is 0.610. The minimum atomic E-state index is -1.36. The molecule has 19 heavy (non-hydrogen) atoms. The van der Waals surface area contributed by atoms with Crippen LogP contribution in [0, 0.1) is 0 Å². The van der Waals surface area contributed by atoms with E-state index in [0.717, 1.165) is 5.56 Å². The minimum absolute atomic E-state index is 0.428. The third kappa shape index (κ3) is 2.70. The van der Waals surface area contributed by atoms with Crippen LogP contribution in [-0.2, 0) is 4.74 Å². The molecule has 1 aromatic carbocycles. The summed E-state index contributed by atoms with van der Waals surface area (Å²) in [5.74, 6) is 0. The largest absolute Gasteiger partial charge is 0.394 e. The Morgan fingerprint density at radius 1 is 1.16 bits per heavy atom. The maximum Gasteiger partial charge on any atom is 0.113 e. The average Bonchev–Trinajstić information content (AvgIpc) is 2.45. The first-order chi connectivity index (χ1) is 9.08. The van der Waals surface area contributed by atoms with Gasteiger partial charge in [-0.3, -0.25) is 0 Å². The van der Waals surface area contributed by atoms with E-state index in [9.17, 15) is 15.3 Å². The third-order valence-electron chi connectivity index (χ3n) is 3.37. The van der Waals surface area contributed by atoms with E-state index in [1.54, 1.807) is 24.3 Å². The van der Waals surface area contributed by atoms with Crippen LogP contribution in [0.2, 0.25) is 0 Å². The highest BCUT2D eigenvalue weighted by Crippen LogP contribution is 2.32. The molecule has 2 rings (SSSR count). The van der Waals surface area contributed by atoms with E-state index in [1.807, 2.05) is 6.07 Å². The van der Waals surface area contributed by atoms with Gasteiger partial charge in [-0.25, -0.2) is 0 Å². The van der Waals surface area contributed by atoms with Gasteiger partial charge in [-0.15, -0.1) is 0 Å². The number of aliphatic hydroxyl groups is 4. The summed E-state index contributed by atoms with van der Waals surface area (Å²) in [6.07, 6.45) is -3.97. The molecule has 0 amide bonds. The highest BCUT2D eigenvalue weighted by Gasteiger charge is 2.43. The molecule has 5 atom stereocenters. The monoisotopic (exact) mass is 266 g/mol. The van der Waals surface area contributed by atoms with Gasteiger partial charge in [0.2, 0.25) is 0 Å². The van der Waals surface area contributed by atoms with Crippen molar-refractivity contribution in [3.63, 3.8) is 0 Å². The van der Waals surface area contributed by atoms with Gasteiger partial charge in [0.1, 0.15) is 30.5 Å². The summed E-state index contributed by atoms with van der Waals surface area (Å²) in [5, 5.41) is 38.6. The molecule has 1 aliphatic rings. The van der Waals surface area contributed by atoms with E-state index in [1.165, 1.54) is 0 Å². The van der Waals surface area contributed by atoms with E-state index in [0.29, 0.717) is 5.56 Å². The number of hydrogen-bond donors (Lipinski definition) is 4. The van der Waals surface area contributed by atoms with Crippen LogP contribution in [0.4, 0.5) is 0 Å². The van der Waals surface area contributed by atoms with Gasteiger partial charge in [-0.1, -0.05) is 30.9 Å². The lowest BCUT2D eigenvalue weighted by Crippen LogP contribution is -2.55. The summed E-state index contributed by atoms with van der Waals surface area (Å²) < 4.78 is 5.47. The first-order valence-electron chi connectivity index (χ1n) is 6.11. The maximum atomic E-state index is 10.00. The van der Waals surface area contributed by atoms with E-state index < -0.39 is 37.1 Å². The summed E-state index contributed by atoms with van der Waals surface area (Å²) in [6, 6.07) is 7.16. The lowest BCUT2D eigenvalue weighted by molar-refractivity contribution is -0.231. The van der Waals surface area contributed by atoms with Crippen molar-refractivity contribution in [3.8, 4) is 0 Å². The van der Waals surface area contributed by atoms with Gasteiger partial charge in [-0.05, 0) is 17.2 Å². The highest BCUT2D eigenvalue weighted by atomic mass is 16.5. The fourth-order valence-corrected chi connectivity index (χ4v) is 2.24. The SMILES string of the molecule is C=Cc1cccc(C2O[C@H](CO)[C@@H](O)[C@H](O)[C@H]2O)c1. The van der Waals surface area contributed by atoms with Crippen LogP contribution in [0.1, 0.15) is 17.2 Å². The van der Waals surface area contributed by atoms with Crippen LogP contribution >= 0.6 is 0 Å². The van der Waals surface area contributed by atoms with Gasteiger partial charge in [0.15, 0.2) is 0 Å². The van der Waals surface area contributed by atoms with E-state index in [4.69, 9.17) is 9.84 Å². The predicted molar refractivity (Wildman–Crippen MR) is 69.3 cm³/mol. The second-order valence-corrected chi connectivity index (χ2v) is 4.62. The topological polar surface area (TPSA) is 90.2 Å². The number of benzene rings is 1. The van der Waals surface area contributed by atoms with E-state index in [-0.39, 0.29) is 0 Å². The fourth-order valence-electron chi connectivity index (χ4n) is 2.24. The fraction of sp³-hybridized carbons (Fsp3) is 0.429. The second-order valence-electron chi connectivity index (χ2n) is 4.62. The molecule has 104 valence electrons. The molecule has 4 N–H and O–H groups in total. The molecule has 1 fully saturated rings. The average molecular weight is 266 g/mol. The van der Waals surface area contributed by atoms with Crippen LogP contribution < -0.4 is 0 Å². The standard InChI is InChI=1S/C14H18O5/c1-2-8-4-3-5-9(6-8)14-13(18)12(17)11(16)10(7-15)19-14/h2-6,10-18H,1,7H2/t10-,11-,12+,13-,14?/m1/s1. The highest BCUT2D eigenvalue weighted by molar-refractivity contribution is 5.48. The lowest BCUT2D eigenvalue weighted by atomic mass is 9.91. The van der Waals surface area contributed by atoms with Gasteiger partial charge < -0.3 is 25.2 Å². The summed E-state index contributed by atoms with van der Waals surface area (Å²) in [6.45, 7) is 3.23. The van der Waals surface area contributed by atoms with Gasteiger partial charge in [0, 0.05) is 0 Å². The lowest BCUT2D eigenvalue weighted by Gasteiger charge is -2.40. The zero-order chi connectivity index (χ0) is 14.0. The van der Waals surface area contributed by atoms with Crippen molar-refractivity contribution in [2.24, 2.45) is 0 Å². The summed E-state index contributed by atoms with van der Waals surface area (Å²) in [4.78, 5) is 0. The Morgan fingerprint density at radius 3 is 2.53 bits per heavy atom. The molecule has 0 bridgehead atoms. The summed E-state index contributed by atoms with van der Waals surface area (Å²) >= 11 is 0. The van der Waals surface area contributed by atoms with Gasteiger partial charge in [0.05, 0.1) is 6.61 Å². The molecule has 0 aliphatic carbocycles. The third-order valence-corrected chi connectivity index (χ3v) is 3.37. The number of rotatable bonds is 3. The Balaban J connectivity index is 2.29. The Kier molecular flexibility index (Phi) is 4.34. The molecular formula is C14H18O5. The zero-order valence-electron chi connectivity index (χ0n) is 10.4. The molecule has 1 aromatic rings. The smallest absolute Gasteiger partial charge is 0.113 e. The molecular weight excluding hydrogens is 248 g/mol. The van der Waals surface area contributed by atoms with Crippen molar-refractivity contribution in [1.82, 2.24) is 0 Å². The Hall–Kier alpha value is -1.24. The summed E-state index contributed by atoms with van der Waals surface area (Å²) in [7, 11) is 0. The molecule has 0 radical (unpaired) electrons. The van der Waals surface area contributed by atoms with Crippen molar-refractivity contribution >= 4 is 6.08 Å². The van der Waals surface area contributed by atoms with E-state index in [2.05, 4.69) is 6.58 Å². The number of ether oxygens (including phenoxy) is 1. The van der Waals surface area contributed by atoms with Gasteiger partial charge in [0.25, 0.3) is 0 Å². The van der Waals surface area contributed by atoms with Crippen molar-refractivity contribution < 1.29 is 25.2 Å². The number of hydrogen-bond acceptors (Lipinski definition) is 5. The van der Waals surface area contributed by atoms with Gasteiger partial charge >= 0.3 is 0 Å². The van der Waals surface area contributed by atoms with Crippen molar-refractivity contribution in [1.29, 1.82) is 0 Å². The molecule has 0 aromatic heterocycles. The number of aliphatic hydroxyl groups excluding tert-OH is 4.